The van der Waals surface area contributed by atoms with Gasteiger partial charge in [-0.15, -0.1) is 0 Å². The standard InChI is InChI=1S/C18H22N6O2S/c1-4-21-17(25)24-18-22-14-7-13(12-8-19-10-20-9-12)15(23-16(14)27-18)26-6-5-11(2)3/h7-11H,4-6H2,1-3H3,(H2,21,22,24,25). The monoisotopic (exact) mass is 386 g/mol. The topological polar surface area (TPSA) is 102 Å². The highest BCUT2D eigenvalue weighted by Gasteiger charge is 2.15. The molecule has 3 heterocycles. The summed E-state index contributed by atoms with van der Waals surface area (Å²) in [4.78, 5) is 29.7. The molecule has 3 aromatic rings. The zero-order chi connectivity index (χ0) is 19.2. The molecule has 9 heteroatoms. The molecule has 0 radical (unpaired) electrons. The summed E-state index contributed by atoms with van der Waals surface area (Å²) in [5.41, 5.74) is 2.27. The van der Waals surface area contributed by atoms with E-state index in [1.807, 2.05) is 13.0 Å². The Hall–Kier alpha value is -2.81. The van der Waals surface area contributed by atoms with Gasteiger partial charge in [0.1, 0.15) is 16.7 Å². The van der Waals surface area contributed by atoms with Gasteiger partial charge < -0.3 is 10.1 Å². The molecule has 0 aliphatic rings. The Morgan fingerprint density at radius 1 is 1.26 bits per heavy atom. The zero-order valence-corrected chi connectivity index (χ0v) is 16.3. The summed E-state index contributed by atoms with van der Waals surface area (Å²) in [7, 11) is 0. The van der Waals surface area contributed by atoms with E-state index in [1.165, 1.54) is 17.7 Å². The van der Waals surface area contributed by atoms with Crippen molar-refractivity contribution in [2.75, 3.05) is 18.5 Å². The highest BCUT2D eigenvalue weighted by atomic mass is 32.1. The summed E-state index contributed by atoms with van der Waals surface area (Å²) in [5.74, 6) is 1.06. The number of urea groups is 1. The van der Waals surface area contributed by atoms with Crippen molar-refractivity contribution >= 4 is 32.8 Å². The number of hydrogen-bond acceptors (Lipinski definition) is 7. The molecule has 27 heavy (non-hydrogen) atoms. The van der Waals surface area contributed by atoms with Crippen LogP contribution < -0.4 is 15.4 Å². The molecule has 0 aliphatic carbocycles. The summed E-state index contributed by atoms with van der Waals surface area (Å²) < 4.78 is 5.95. The Labute approximate surface area is 161 Å². The number of ether oxygens (including phenoxy) is 1. The molecule has 0 aromatic carbocycles. The minimum atomic E-state index is -0.290. The van der Waals surface area contributed by atoms with Crippen LogP contribution in [0.1, 0.15) is 27.2 Å². The second-order valence-electron chi connectivity index (χ2n) is 6.33. The Bertz CT molecular complexity index is 913. The van der Waals surface area contributed by atoms with Gasteiger partial charge in [0, 0.05) is 30.1 Å². The number of nitrogens with one attached hydrogen (secondary N) is 2. The van der Waals surface area contributed by atoms with Crippen molar-refractivity contribution in [1.82, 2.24) is 25.3 Å². The number of hydrogen-bond donors (Lipinski definition) is 2. The molecule has 8 nitrogen and oxygen atoms in total. The Balaban J connectivity index is 1.95. The minimum Gasteiger partial charge on any atom is -0.477 e. The number of thiazole rings is 1. The van der Waals surface area contributed by atoms with Gasteiger partial charge in [-0.3, -0.25) is 5.32 Å². The van der Waals surface area contributed by atoms with E-state index >= 15 is 0 Å². The number of aromatic nitrogens is 4. The van der Waals surface area contributed by atoms with Crippen molar-refractivity contribution in [3.63, 3.8) is 0 Å². The average molecular weight is 386 g/mol. The van der Waals surface area contributed by atoms with Crippen LogP contribution in [-0.4, -0.2) is 39.1 Å². The fourth-order valence-electron chi connectivity index (χ4n) is 2.35. The van der Waals surface area contributed by atoms with Gasteiger partial charge in [0.25, 0.3) is 0 Å². The van der Waals surface area contributed by atoms with E-state index in [-0.39, 0.29) is 6.03 Å². The number of amides is 2. The molecule has 3 rings (SSSR count). The van der Waals surface area contributed by atoms with Gasteiger partial charge in [0.2, 0.25) is 5.88 Å². The van der Waals surface area contributed by atoms with Crippen LogP contribution in [0.2, 0.25) is 0 Å². The summed E-state index contributed by atoms with van der Waals surface area (Å²) in [6.45, 7) is 7.26. The first-order valence-corrected chi connectivity index (χ1v) is 9.63. The fourth-order valence-corrected chi connectivity index (χ4v) is 3.16. The number of anilines is 1. The maximum Gasteiger partial charge on any atom is 0.321 e. The van der Waals surface area contributed by atoms with Crippen molar-refractivity contribution in [3.8, 4) is 17.0 Å². The van der Waals surface area contributed by atoms with Crippen molar-refractivity contribution in [2.24, 2.45) is 5.92 Å². The second kappa shape index (κ2) is 8.72. The Kier molecular flexibility index (Phi) is 6.12. The third kappa shape index (κ3) is 4.88. The Morgan fingerprint density at radius 3 is 2.74 bits per heavy atom. The predicted octanol–water partition coefficient (Wildman–Crippen LogP) is 3.71. The van der Waals surface area contributed by atoms with E-state index in [0.29, 0.717) is 40.4 Å². The van der Waals surface area contributed by atoms with Crippen LogP contribution in [0.15, 0.2) is 24.8 Å². The lowest BCUT2D eigenvalue weighted by Gasteiger charge is -2.11. The minimum absolute atomic E-state index is 0.290. The first-order valence-electron chi connectivity index (χ1n) is 8.81. The lowest BCUT2D eigenvalue weighted by atomic mass is 10.1. The lowest BCUT2D eigenvalue weighted by molar-refractivity contribution is 0.252. The lowest BCUT2D eigenvalue weighted by Crippen LogP contribution is -2.28. The summed E-state index contributed by atoms with van der Waals surface area (Å²) in [6, 6.07) is 1.60. The largest absolute Gasteiger partial charge is 0.477 e. The summed E-state index contributed by atoms with van der Waals surface area (Å²) in [6.07, 6.45) is 5.83. The predicted molar refractivity (Wildman–Crippen MR) is 106 cm³/mol. The first kappa shape index (κ1) is 19.0. The molecule has 0 atom stereocenters. The number of carbonyl (C=O) groups excluding carboxylic acids is 1. The summed E-state index contributed by atoms with van der Waals surface area (Å²) >= 11 is 1.30. The van der Waals surface area contributed by atoms with E-state index in [4.69, 9.17) is 4.74 Å². The normalized spacial score (nSPS) is 11.0. The van der Waals surface area contributed by atoms with Gasteiger partial charge in [-0.25, -0.2) is 24.7 Å². The molecule has 0 bridgehead atoms. The van der Waals surface area contributed by atoms with Crippen molar-refractivity contribution in [1.29, 1.82) is 0 Å². The third-order valence-electron chi connectivity index (χ3n) is 3.71. The number of nitrogens with zero attached hydrogens (tertiary/aromatic N) is 4. The van der Waals surface area contributed by atoms with Crippen molar-refractivity contribution in [3.05, 3.63) is 24.8 Å². The molecule has 0 spiro atoms. The fraction of sp³-hybridized carbons (Fsp3) is 0.389. The van der Waals surface area contributed by atoms with Gasteiger partial charge in [-0.2, -0.15) is 0 Å². The van der Waals surface area contributed by atoms with Crippen molar-refractivity contribution in [2.45, 2.75) is 27.2 Å². The van der Waals surface area contributed by atoms with Crippen LogP contribution in [0, 0.1) is 5.92 Å². The van der Waals surface area contributed by atoms with Crippen LogP contribution in [0.25, 0.3) is 21.5 Å². The van der Waals surface area contributed by atoms with Gasteiger partial charge in [-0.1, -0.05) is 25.2 Å². The van der Waals surface area contributed by atoms with E-state index < -0.39 is 0 Å². The summed E-state index contributed by atoms with van der Waals surface area (Å²) in [5, 5.41) is 5.89. The van der Waals surface area contributed by atoms with Crippen LogP contribution in [0.3, 0.4) is 0 Å². The molecule has 0 aliphatic heterocycles. The molecule has 2 amide bonds. The van der Waals surface area contributed by atoms with Crippen LogP contribution >= 0.6 is 11.3 Å². The molecule has 0 fully saturated rings. The molecule has 0 unspecified atom stereocenters. The molecular weight excluding hydrogens is 364 g/mol. The first-order chi connectivity index (χ1) is 13.1. The zero-order valence-electron chi connectivity index (χ0n) is 15.5. The molecule has 0 saturated carbocycles. The number of carbonyl (C=O) groups is 1. The highest BCUT2D eigenvalue weighted by Crippen LogP contribution is 2.34. The molecule has 2 N–H and O–H groups in total. The van der Waals surface area contributed by atoms with Gasteiger partial charge in [0.15, 0.2) is 5.13 Å². The maximum absolute atomic E-state index is 11.7. The van der Waals surface area contributed by atoms with Gasteiger partial charge >= 0.3 is 6.03 Å². The van der Waals surface area contributed by atoms with Crippen molar-refractivity contribution < 1.29 is 9.53 Å². The average Bonchev–Trinajstić information content (AvgIpc) is 3.02. The quantitative estimate of drug-likeness (QED) is 0.642. The molecule has 3 aromatic heterocycles. The van der Waals surface area contributed by atoms with Gasteiger partial charge in [-0.05, 0) is 25.3 Å². The SMILES string of the molecule is CCNC(=O)Nc1nc2cc(-c3cncnc3)c(OCCC(C)C)nc2s1. The third-order valence-corrected chi connectivity index (χ3v) is 4.59. The van der Waals surface area contributed by atoms with E-state index in [0.717, 1.165) is 17.5 Å². The molecular formula is C18H22N6O2S. The number of pyridine rings is 1. The van der Waals surface area contributed by atoms with Crippen LogP contribution in [-0.2, 0) is 0 Å². The second-order valence-corrected chi connectivity index (χ2v) is 7.30. The van der Waals surface area contributed by atoms with E-state index in [9.17, 15) is 4.79 Å². The maximum atomic E-state index is 11.7. The van der Waals surface area contributed by atoms with Gasteiger partial charge in [0.05, 0.1) is 6.61 Å². The molecule has 142 valence electrons. The number of rotatable bonds is 7. The van der Waals surface area contributed by atoms with Crippen LogP contribution in [0.5, 0.6) is 5.88 Å². The Morgan fingerprint density at radius 2 is 2.04 bits per heavy atom. The smallest absolute Gasteiger partial charge is 0.321 e. The highest BCUT2D eigenvalue weighted by molar-refractivity contribution is 7.22. The number of fused-ring (bicyclic) bond motifs is 1. The van der Waals surface area contributed by atoms with E-state index in [1.54, 1.807) is 12.4 Å². The van der Waals surface area contributed by atoms with Crippen LogP contribution in [0.4, 0.5) is 9.93 Å². The van der Waals surface area contributed by atoms with E-state index in [2.05, 4.69) is 44.4 Å². The molecule has 0 saturated heterocycles.